The molecular formula is C8H16ClNOS. The van der Waals surface area contributed by atoms with E-state index in [0.29, 0.717) is 6.23 Å². The smallest absolute Gasteiger partial charge is 0.111 e. The second kappa shape index (κ2) is 5.32. The molecule has 12 heavy (non-hydrogen) atoms. The van der Waals surface area contributed by atoms with Crippen LogP contribution in [0.5, 0.6) is 0 Å². The molecule has 2 nitrogen and oxygen atoms in total. The van der Waals surface area contributed by atoms with Crippen LogP contribution in [0.25, 0.3) is 0 Å². The Bertz CT molecular complexity index is 124. The number of ether oxygens (including phenoxy) is 1. The summed E-state index contributed by atoms with van der Waals surface area (Å²) in [4.78, 5) is 0. The van der Waals surface area contributed by atoms with Crippen molar-refractivity contribution in [1.82, 2.24) is 5.32 Å². The van der Waals surface area contributed by atoms with E-state index in [0.717, 1.165) is 19.1 Å². The van der Waals surface area contributed by atoms with Crippen molar-refractivity contribution in [2.45, 2.75) is 19.1 Å². The first-order chi connectivity index (χ1) is 5.47. The lowest BCUT2D eigenvalue weighted by Gasteiger charge is -2.26. The average Bonchev–Trinajstić information content (AvgIpc) is 2.58. The minimum atomic E-state index is 0. The SMILES string of the molecule is C1COC(C2CCSCC2)N1.Cl. The first-order valence-electron chi connectivity index (χ1n) is 4.39. The first kappa shape index (κ1) is 10.6. The van der Waals surface area contributed by atoms with E-state index in [1.165, 1.54) is 24.3 Å². The molecular weight excluding hydrogens is 194 g/mol. The second-order valence-corrected chi connectivity index (χ2v) is 4.42. The van der Waals surface area contributed by atoms with E-state index in [2.05, 4.69) is 17.1 Å². The Labute approximate surface area is 84.2 Å². The molecule has 1 unspecified atom stereocenters. The van der Waals surface area contributed by atoms with Crippen molar-refractivity contribution < 1.29 is 4.74 Å². The molecule has 0 saturated carbocycles. The molecule has 0 aromatic heterocycles. The van der Waals surface area contributed by atoms with E-state index < -0.39 is 0 Å². The summed E-state index contributed by atoms with van der Waals surface area (Å²) < 4.78 is 5.57. The summed E-state index contributed by atoms with van der Waals surface area (Å²) in [6, 6.07) is 0. The monoisotopic (exact) mass is 209 g/mol. The minimum Gasteiger partial charge on any atom is -0.362 e. The second-order valence-electron chi connectivity index (χ2n) is 3.20. The van der Waals surface area contributed by atoms with Crippen LogP contribution in [0.1, 0.15) is 12.8 Å². The molecule has 2 rings (SSSR count). The molecule has 1 N–H and O–H groups in total. The lowest BCUT2D eigenvalue weighted by atomic mass is 10.0. The lowest BCUT2D eigenvalue weighted by molar-refractivity contribution is 0.0487. The summed E-state index contributed by atoms with van der Waals surface area (Å²) in [5.74, 6) is 3.44. The topological polar surface area (TPSA) is 21.3 Å². The molecule has 2 fully saturated rings. The summed E-state index contributed by atoms with van der Waals surface area (Å²) in [7, 11) is 0. The van der Waals surface area contributed by atoms with Crippen molar-refractivity contribution in [3.8, 4) is 0 Å². The minimum absolute atomic E-state index is 0. The summed E-state index contributed by atoms with van der Waals surface area (Å²) in [5, 5.41) is 3.39. The zero-order valence-corrected chi connectivity index (χ0v) is 8.76. The van der Waals surface area contributed by atoms with Gasteiger partial charge < -0.3 is 4.74 Å². The van der Waals surface area contributed by atoms with E-state index in [-0.39, 0.29) is 12.4 Å². The largest absolute Gasteiger partial charge is 0.362 e. The highest BCUT2D eigenvalue weighted by atomic mass is 35.5. The zero-order chi connectivity index (χ0) is 7.52. The van der Waals surface area contributed by atoms with E-state index >= 15 is 0 Å². The highest BCUT2D eigenvalue weighted by Crippen LogP contribution is 2.26. The van der Waals surface area contributed by atoms with Crippen LogP contribution in [-0.2, 0) is 4.74 Å². The number of hydrogen-bond acceptors (Lipinski definition) is 3. The maximum atomic E-state index is 5.57. The van der Waals surface area contributed by atoms with E-state index in [4.69, 9.17) is 4.74 Å². The van der Waals surface area contributed by atoms with Crippen LogP contribution in [0.4, 0.5) is 0 Å². The molecule has 0 aromatic rings. The van der Waals surface area contributed by atoms with E-state index in [1.807, 2.05) is 0 Å². The molecule has 0 spiro atoms. The van der Waals surface area contributed by atoms with Crippen LogP contribution < -0.4 is 5.32 Å². The molecule has 2 aliphatic heterocycles. The Kier molecular flexibility index (Phi) is 4.72. The third kappa shape index (κ3) is 2.52. The highest BCUT2D eigenvalue weighted by Gasteiger charge is 2.26. The maximum absolute atomic E-state index is 5.57. The average molecular weight is 210 g/mol. The van der Waals surface area contributed by atoms with Gasteiger partial charge in [0.1, 0.15) is 6.23 Å². The van der Waals surface area contributed by atoms with Gasteiger partial charge in [0.2, 0.25) is 0 Å². The van der Waals surface area contributed by atoms with E-state index in [1.54, 1.807) is 0 Å². The molecule has 2 heterocycles. The number of hydrogen-bond donors (Lipinski definition) is 1. The Balaban J connectivity index is 0.000000720. The van der Waals surface area contributed by atoms with Gasteiger partial charge in [0.15, 0.2) is 0 Å². The molecule has 0 bridgehead atoms. The summed E-state index contributed by atoms with van der Waals surface area (Å²) in [6.45, 7) is 1.96. The highest BCUT2D eigenvalue weighted by molar-refractivity contribution is 7.99. The van der Waals surface area contributed by atoms with Crippen LogP contribution in [0, 0.1) is 5.92 Å². The van der Waals surface area contributed by atoms with Crippen LogP contribution >= 0.6 is 24.2 Å². The van der Waals surface area contributed by atoms with Crippen molar-refractivity contribution in [3.05, 3.63) is 0 Å². The molecule has 2 aliphatic rings. The molecule has 2 saturated heterocycles. The van der Waals surface area contributed by atoms with Gasteiger partial charge in [-0.25, -0.2) is 0 Å². The molecule has 0 radical (unpaired) electrons. The number of halogens is 1. The quantitative estimate of drug-likeness (QED) is 0.708. The van der Waals surface area contributed by atoms with Gasteiger partial charge >= 0.3 is 0 Å². The van der Waals surface area contributed by atoms with Gasteiger partial charge in [-0.1, -0.05) is 0 Å². The van der Waals surface area contributed by atoms with Gasteiger partial charge in [0, 0.05) is 12.5 Å². The Morgan fingerprint density at radius 1 is 1.25 bits per heavy atom. The molecule has 0 amide bonds. The number of rotatable bonds is 1. The Morgan fingerprint density at radius 3 is 2.58 bits per heavy atom. The van der Waals surface area contributed by atoms with Gasteiger partial charge in [-0.05, 0) is 24.3 Å². The fraction of sp³-hybridized carbons (Fsp3) is 1.00. The predicted molar refractivity (Wildman–Crippen MR) is 55.0 cm³/mol. The predicted octanol–water partition coefficient (Wildman–Crippen LogP) is 1.50. The lowest BCUT2D eigenvalue weighted by Crippen LogP contribution is -2.33. The van der Waals surface area contributed by atoms with Crippen LogP contribution in [0.15, 0.2) is 0 Å². The third-order valence-electron chi connectivity index (χ3n) is 2.44. The molecule has 1 atom stereocenters. The molecule has 0 aromatic carbocycles. The molecule has 4 heteroatoms. The number of thioether (sulfide) groups is 1. The van der Waals surface area contributed by atoms with Crippen molar-refractivity contribution in [1.29, 1.82) is 0 Å². The summed E-state index contributed by atoms with van der Waals surface area (Å²) in [5.41, 5.74) is 0. The van der Waals surface area contributed by atoms with Gasteiger partial charge in [0.05, 0.1) is 6.61 Å². The fourth-order valence-corrected chi connectivity index (χ4v) is 2.91. The standard InChI is InChI=1S/C8H15NOS.ClH/c1-5-11-6-2-7(1)8-9-3-4-10-8;/h7-9H,1-6H2;1H. The summed E-state index contributed by atoms with van der Waals surface area (Å²) in [6.07, 6.45) is 3.06. The summed E-state index contributed by atoms with van der Waals surface area (Å²) >= 11 is 2.07. The van der Waals surface area contributed by atoms with Crippen LogP contribution in [0.3, 0.4) is 0 Å². The molecule has 72 valence electrons. The van der Waals surface area contributed by atoms with Crippen LogP contribution in [-0.4, -0.2) is 30.9 Å². The molecule has 0 aliphatic carbocycles. The maximum Gasteiger partial charge on any atom is 0.111 e. The Morgan fingerprint density at radius 2 is 2.00 bits per heavy atom. The van der Waals surface area contributed by atoms with Gasteiger partial charge in [-0.2, -0.15) is 11.8 Å². The van der Waals surface area contributed by atoms with Crippen molar-refractivity contribution >= 4 is 24.2 Å². The number of nitrogens with one attached hydrogen (secondary N) is 1. The Hall–Kier alpha value is 0.560. The van der Waals surface area contributed by atoms with Crippen molar-refractivity contribution in [2.75, 3.05) is 24.7 Å². The van der Waals surface area contributed by atoms with Gasteiger partial charge in [-0.15, -0.1) is 12.4 Å². The van der Waals surface area contributed by atoms with E-state index in [9.17, 15) is 0 Å². The fourth-order valence-electron chi connectivity index (χ4n) is 1.77. The first-order valence-corrected chi connectivity index (χ1v) is 5.55. The zero-order valence-electron chi connectivity index (χ0n) is 7.12. The normalized spacial score (nSPS) is 31.5. The van der Waals surface area contributed by atoms with Gasteiger partial charge in [0.25, 0.3) is 0 Å². The third-order valence-corrected chi connectivity index (χ3v) is 3.49. The van der Waals surface area contributed by atoms with Gasteiger partial charge in [-0.3, -0.25) is 5.32 Å². The van der Waals surface area contributed by atoms with Crippen LogP contribution in [0.2, 0.25) is 0 Å². The van der Waals surface area contributed by atoms with Crippen molar-refractivity contribution in [3.63, 3.8) is 0 Å². The van der Waals surface area contributed by atoms with Crippen molar-refractivity contribution in [2.24, 2.45) is 5.92 Å².